The molecule has 168 valence electrons. The Kier molecular flexibility index (Phi) is 5.74. The zero-order valence-corrected chi connectivity index (χ0v) is 18.3. The highest BCUT2D eigenvalue weighted by molar-refractivity contribution is 7.93. The molecule has 4 rings (SSSR count). The van der Waals surface area contributed by atoms with Crippen molar-refractivity contribution in [2.45, 2.75) is 15.5 Å². The third-order valence-electron chi connectivity index (χ3n) is 4.79. The summed E-state index contributed by atoms with van der Waals surface area (Å²) in [5.74, 6) is -1.51. The maximum Gasteiger partial charge on any atom is 0.269 e. The van der Waals surface area contributed by atoms with Gasteiger partial charge in [0.25, 0.3) is 17.5 Å². The first-order chi connectivity index (χ1) is 15.7. The number of amides is 3. The van der Waals surface area contributed by atoms with Gasteiger partial charge in [0.15, 0.2) is 5.13 Å². The van der Waals surface area contributed by atoms with Crippen molar-refractivity contribution >= 4 is 49.7 Å². The summed E-state index contributed by atoms with van der Waals surface area (Å²) < 4.78 is 25.2. The minimum atomic E-state index is -3.98. The molecule has 3 amide bonds. The lowest BCUT2D eigenvalue weighted by atomic mass is 10.1. The van der Waals surface area contributed by atoms with Crippen LogP contribution >= 0.6 is 11.3 Å². The first-order valence-corrected chi connectivity index (χ1v) is 11.7. The smallest absolute Gasteiger partial charge is 0.269 e. The van der Waals surface area contributed by atoms with Crippen LogP contribution < -0.4 is 5.32 Å². The largest absolute Gasteiger partial charge is 0.302 e. The molecule has 2 aromatic carbocycles. The molecule has 0 radical (unpaired) electrons. The minimum absolute atomic E-state index is 0.0165. The molecule has 0 saturated heterocycles. The number of carbonyl (C=O) groups excluding carboxylic acids is 3. The number of rotatable bonds is 7. The number of thiazole rings is 1. The van der Waals surface area contributed by atoms with E-state index >= 15 is 0 Å². The molecule has 1 aromatic heterocycles. The Bertz CT molecular complexity index is 1360. The summed E-state index contributed by atoms with van der Waals surface area (Å²) in [5.41, 5.74) is 0.317. The molecule has 0 saturated carbocycles. The number of anilines is 1. The fourth-order valence-electron chi connectivity index (χ4n) is 3.14. The molecule has 0 atom stereocenters. The van der Waals surface area contributed by atoms with Crippen molar-refractivity contribution in [2.24, 2.45) is 0 Å². The number of carbonyl (C=O) groups is 3. The maximum absolute atomic E-state index is 12.7. The summed E-state index contributed by atoms with van der Waals surface area (Å²) in [6.07, 6.45) is 0.872. The zero-order chi connectivity index (χ0) is 23.8. The first-order valence-electron chi connectivity index (χ1n) is 9.39. The molecule has 0 fully saturated rings. The van der Waals surface area contributed by atoms with E-state index in [2.05, 4.69) is 10.3 Å². The topological polar surface area (TPSA) is 157 Å². The standard InChI is InChI=1S/C20H14N4O7S2/c25-16(9-10-23-18(26)14-3-1-2-4-15(14)19(23)27)22-20-21-11-17(32-20)33(30,31)13-7-5-12(6-8-13)24(28)29/h1-8,11H,9-10H2,(H,21,22,25). The van der Waals surface area contributed by atoms with E-state index in [0.29, 0.717) is 11.3 Å². The van der Waals surface area contributed by atoms with Crippen LogP contribution in [0.1, 0.15) is 27.1 Å². The van der Waals surface area contributed by atoms with Crippen LogP contribution in [0.25, 0.3) is 0 Å². The van der Waals surface area contributed by atoms with Gasteiger partial charge < -0.3 is 5.32 Å². The average Bonchev–Trinajstić information content (AvgIpc) is 3.36. The summed E-state index contributed by atoms with van der Waals surface area (Å²) in [6.45, 7) is -0.141. The number of aromatic nitrogens is 1. The van der Waals surface area contributed by atoms with Crippen LogP contribution in [0, 0.1) is 10.1 Å². The Labute approximate surface area is 190 Å². The lowest BCUT2D eigenvalue weighted by Gasteiger charge is -2.12. The van der Waals surface area contributed by atoms with Crippen LogP contribution in [0.2, 0.25) is 0 Å². The van der Waals surface area contributed by atoms with Gasteiger partial charge >= 0.3 is 0 Å². The molecule has 0 bridgehead atoms. The molecular formula is C20H14N4O7S2. The van der Waals surface area contributed by atoms with Gasteiger partial charge in [0.2, 0.25) is 15.7 Å². The van der Waals surface area contributed by atoms with Gasteiger partial charge in [-0.3, -0.25) is 29.4 Å². The van der Waals surface area contributed by atoms with Gasteiger partial charge in [-0.25, -0.2) is 13.4 Å². The Morgan fingerprint density at radius 2 is 1.67 bits per heavy atom. The third kappa shape index (κ3) is 4.23. The highest BCUT2D eigenvalue weighted by atomic mass is 32.2. The highest BCUT2D eigenvalue weighted by Crippen LogP contribution is 2.29. The summed E-state index contributed by atoms with van der Waals surface area (Å²) in [7, 11) is -3.98. The molecule has 3 aromatic rings. The van der Waals surface area contributed by atoms with E-state index in [-0.39, 0.29) is 44.0 Å². The molecule has 1 N–H and O–H groups in total. The number of non-ortho nitro benzene ring substituents is 1. The van der Waals surface area contributed by atoms with Gasteiger partial charge in [-0.15, -0.1) is 0 Å². The van der Waals surface area contributed by atoms with E-state index in [1.807, 2.05) is 0 Å². The number of hydrogen-bond acceptors (Lipinski definition) is 9. The van der Waals surface area contributed by atoms with Crippen LogP contribution in [0.5, 0.6) is 0 Å². The van der Waals surface area contributed by atoms with Crippen LogP contribution in [0.4, 0.5) is 10.8 Å². The van der Waals surface area contributed by atoms with Gasteiger partial charge in [0.05, 0.1) is 27.1 Å². The Hall–Kier alpha value is -3.97. The number of nitrogens with one attached hydrogen (secondary N) is 1. The second-order valence-electron chi connectivity index (χ2n) is 6.84. The van der Waals surface area contributed by atoms with E-state index < -0.39 is 32.5 Å². The van der Waals surface area contributed by atoms with Crippen LogP contribution in [0.3, 0.4) is 0 Å². The van der Waals surface area contributed by atoms with Crippen molar-refractivity contribution in [3.8, 4) is 0 Å². The molecule has 13 heteroatoms. The van der Waals surface area contributed by atoms with Crippen molar-refractivity contribution in [3.05, 3.63) is 76.0 Å². The summed E-state index contributed by atoms with van der Waals surface area (Å²) >= 11 is 0.710. The zero-order valence-electron chi connectivity index (χ0n) is 16.6. The second kappa shape index (κ2) is 8.52. The number of benzene rings is 2. The molecule has 1 aliphatic heterocycles. The summed E-state index contributed by atoms with van der Waals surface area (Å²) in [4.78, 5) is 51.8. The number of hydrogen-bond donors (Lipinski definition) is 1. The number of sulfone groups is 1. The predicted octanol–water partition coefficient (Wildman–Crippen LogP) is 2.51. The molecular weight excluding hydrogens is 472 g/mol. The second-order valence-corrected chi connectivity index (χ2v) is 10.1. The monoisotopic (exact) mass is 486 g/mol. The van der Waals surface area contributed by atoms with Gasteiger partial charge in [-0.2, -0.15) is 0 Å². The van der Waals surface area contributed by atoms with Crippen molar-refractivity contribution in [1.29, 1.82) is 0 Å². The van der Waals surface area contributed by atoms with Crippen molar-refractivity contribution in [3.63, 3.8) is 0 Å². The lowest BCUT2D eigenvalue weighted by Crippen LogP contribution is -2.32. The molecule has 1 aliphatic rings. The van der Waals surface area contributed by atoms with Gasteiger partial charge in [-0.1, -0.05) is 23.5 Å². The van der Waals surface area contributed by atoms with Gasteiger partial charge in [0.1, 0.15) is 4.21 Å². The molecule has 11 nitrogen and oxygen atoms in total. The van der Waals surface area contributed by atoms with Crippen LogP contribution in [0.15, 0.2) is 63.8 Å². The normalized spacial score (nSPS) is 13.2. The Morgan fingerprint density at radius 3 is 2.24 bits per heavy atom. The van der Waals surface area contributed by atoms with Crippen LogP contribution in [-0.2, 0) is 14.6 Å². The van der Waals surface area contributed by atoms with Gasteiger partial charge in [0, 0.05) is 25.1 Å². The van der Waals surface area contributed by atoms with Crippen LogP contribution in [-0.4, -0.2) is 47.5 Å². The maximum atomic E-state index is 12.7. The van der Waals surface area contributed by atoms with Crippen molar-refractivity contribution in [2.75, 3.05) is 11.9 Å². The minimum Gasteiger partial charge on any atom is -0.302 e. The van der Waals surface area contributed by atoms with E-state index in [1.54, 1.807) is 12.1 Å². The highest BCUT2D eigenvalue weighted by Gasteiger charge is 2.35. The molecule has 2 heterocycles. The predicted molar refractivity (Wildman–Crippen MR) is 116 cm³/mol. The molecule has 0 spiro atoms. The summed E-state index contributed by atoms with van der Waals surface area (Å²) in [5, 5.41) is 13.2. The number of nitro groups is 1. The number of imide groups is 1. The van der Waals surface area contributed by atoms with E-state index in [4.69, 9.17) is 0 Å². The molecule has 0 unspecified atom stereocenters. The Balaban J connectivity index is 1.39. The third-order valence-corrected chi connectivity index (χ3v) is 7.94. The summed E-state index contributed by atoms with van der Waals surface area (Å²) in [6, 6.07) is 10.8. The first kappa shape index (κ1) is 22.2. The number of nitro benzene ring substituents is 1. The van der Waals surface area contributed by atoms with Crippen molar-refractivity contribution in [1.82, 2.24) is 9.88 Å². The Morgan fingerprint density at radius 1 is 1.06 bits per heavy atom. The van der Waals surface area contributed by atoms with Gasteiger partial charge in [-0.05, 0) is 24.3 Å². The molecule has 0 aliphatic carbocycles. The molecule has 33 heavy (non-hydrogen) atoms. The van der Waals surface area contributed by atoms with E-state index in [0.717, 1.165) is 35.4 Å². The van der Waals surface area contributed by atoms with E-state index in [1.165, 1.54) is 12.1 Å². The fraction of sp³-hybridized carbons (Fsp3) is 0.100. The number of fused-ring (bicyclic) bond motifs is 1. The van der Waals surface area contributed by atoms with E-state index in [9.17, 15) is 32.9 Å². The number of nitrogens with zero attached hydrogens (tertiary/aromatic N) is 3. The lowest BCUT2D eigenvalue weighted by molar-refractivity contribution is -0.384. The average molecular weight is 486 g/mol. The SMILES string of the molecule is O=C(CCN1C(=O)c2ccccc2C1=O)Nc1ncc(S(=O)(=O)c2ccc([N+](=O)[O-])cc2)s1. The van der Waals surface area contributed by atoms with Crippen molar-refractivity contribution < 1.29 is 27.7 Å². The quantitative estimate of drug-likeness (QED) is 0.303. The fourth-order valence-corrected chi connectivity index (χ4v) is 5.59.